The third-order valence-corrected chi connectivity index (χ3v) is 5.24. The van der Waals surface area contributed by atoms with E-state index in [2.05, 4.69) is 10.2 Å². The summed E-state index contributed by atoms with van der Waals surface area (Å²) in [5, 5.41) is 2.92. The van der Waals surface area contributed by atoms with Crippen molar-refractivity contribution in [1.29, 1.82) is 0 Å². The number of hydrogen-bond donors (Lipinski definition) is 1. The normalized spacial score (nSPS) is 20.0. The van der Waals surface area contributed by atoms with Gasteiger partial charge in [-0.2, -0.15) is 0 Å². The lowest BCUT2D eigenvalue weighted by Gasteiger charge is -2.45. The van der Waals surface area contributed by atoms with Gasteiger partial charge in [0.25, 0.3) is 0 Å². The average Bonchev–Trinajstić information content (AvgIpc) is 3.23. The largest absolute Gasteiger partial charge is 0.483 e. The van der Waals surface area contributed by atoms with Gasteiger partial charge in [0, 0.05) is 39.8 Å². The molecule has 1 aromatic carbocycles. The van der Waals surface area contributed by atoms with Gasteiger partial charge >= 0.3 is 6.03 Å². The van der Waals surface area contributed by atoms with Crippen LogP contribution in [0, 0.1) is 0 Å². The van der Waals surface area contributed by atoms with Crippen LogP contribution in [0.1, 0.15) is 5.76 Å². The number of hydrogen-bond acceptors (Lipinski definition) is 5. The van der Waals surface area contributed by atoms with E-state index in [0.29, 0.717) is 36.8 Å². The van der Waals surface area contributed by atoms with Crippen molar-refractivity contribution < 1.29 is 18.7 Å². The minimum atomic E-state index is -0.260. The maximum atomic E-state index is 12.8. The zero-order valence-electron chi connectivity index (χ0n) is 15.8. The van der Waals surface area contributed by atoms with Gasteiger partial charge in [0.05, 0.1) is 12.0 Å². The molecule has 0 unspecified atom stereocenters. The molecule has 28 heavy (non-hydrogen) atoms. The van der Waals surface area contributed by atoms with Crippen molar-refractivity contribution in [2.75, 3.05) is 45.1 Å². The molecular weight excluding hydrogens is 360 g/mol. The van der Waals surface area contributed by atoms with Crippen LogP contribution in [0.2, 0.25) is 0 Å². The Morgan fingerprint density at radius 2 is 2.00 bits per heavy atom. The second kappa shape index (κ2) is 7.93. The molecule has 1 aromatic heterocycles. The van der Waals surface area contributed by atoms with Crippen molar-refractivity contribution >= 4 is 17.6 Å². The number of benzene rings is 1. The number of amides is 3. The lowest BCUT2D eigenvalue weighted by atomic mass is 10.1. The number of piperazine rings is 2. The second-order valence-corrected chi connectivity index (χ2v) is 7.05. The molecule has 148 valence electrons. The van der Waals surface area contributed by atoms with Crippen LogP contribution >= 0.6 is 0 Å². The Hall–Kier alpha value is -3.00. The van der Waals surface area contributed by atoms with Crippen molar-refractivity contribution in [3.8, 4) is 5.75 Å². The van der Waals surface area contributed by atoms with Gasteiger partial charge < -0.3 is 24.3 Å². The smallest absolute Gasteiger partial charge is 0.322 e. The maximum absolute atomic E-state index is 12.8. The SMILES string of the molecule is CN1CCN2CCN(C(=O)Nc3ccccc3OCc3ccco3)C[C@H]2C1=O. The van der Waals surface area contributed by atoms with Crippen LogP contribution in [0.5, 0.6) is 5.75 Å². The van der Waals surface area contributed by atoms with E-state index in [0.717, 1.165) is 13.1 Å². The van der Waals surface area contributed by atoms with Crippen LogP contribution in [0.15, 0.2) is 47.1 Å². The zero-order chi connectivity index (χ0) is 19.5. The number of fused-ring (bicyclic) bond motifs is 1. The standard InChI is InChI=1S/C20H24N4O4/c1-22-8-9-23-10-11-24(13-17(23)19(22)25)20(26)21-16-6-2-3-7-18(16)28-14-15-5-4-12-27-15/h2-7,12,17H,8-11,13-14H2,1H3,(H,21,26)/t17-/m0/s1. The van der Waals surface area contributed by atoms with Crippen LogP contribution in [-0.4, -0.2) is 72.5 Å². The Balaban J connectivity index is 1.40. The molecule has 1 N–H and O–H groups in total. The average molecular weight is 384 g/mol. The third kappa shape index (κ3) is 3.82. The van der Waals surface area contributed by atoms with Crippen LogP contribution < -0.4 is 10.1 Å². The third-order valence-electron chi connectivity index (χ3n) is 5.24. The number of anilines is 1. The van der Waals surface area contributed by atoms with E-state index >= 15 is 0 Å². The lowest BCUT2D eigenvalue weighted by Crippen LogP contribution is -2.65. The molecule has 2 fully saturated rings. The first kappa shape index (κ1) is 18.4. The monoisotopic (exact) mass is 384 g/mol. The highest BCUT2D eigenvalue weighted by Crippen LogP contribution is 2.26. The Labute approximate surface area is 163 Å². The van der Waals surface area contributed by atoms with Crippen LogP contribution in [0.25, 0.3) is 0 Å². The van der Waals surface area contributed by atoms with Gasteiger partial charge in [0.1, 0.15) is 24.2 Å². The summed E-state index contributed by atoms with van der Waals surface area (Å²) in [5.41, 5.74) is 0.591. The fourth-order valence-electron chi connectivity index (χ4n) is 3.58. The highest BCUT2D eigenvalue weighted by atomic mass is 16.5. The molecule has 0 aliphatic carbocycles. The molecule has 2 aliphatic heterocycles. The van der Waals surface area contributed by atoms with Gasteiger partial charge in [-0.25, -0.2) is 4.79 Å². The fourth-order valence-corrected chi connectivity index (χ4v) is 3.58. The van der Waals surface area contributed by atoms with Crippen LogP contribution in [0.3, 0.4) is 0 Å². The molecular formula is C20H24N4O4. The van der Waals surface area contributed by atoms with E-state index in [1.54, 1.807) is 34.3 Å². The predicted molar refractivity (Wildman–Crippen MR) is 103 cm³/mol. The van der Waals surface area contributed by atoms with Crippen molar-refractivity contribution in [2.24, 2.45) is 0 Å². The molecule has 0 spiro atoms. The summed E-state index contributed by atoms with van der Waals surface area (Å²) in [4.78, 5) is 30.8. The van der Waals surface area contributed by atoms with Gasteiger partial charge in [-0.05, 0) is 24.3 Å². The molecule has 2 aromatic rings. The Bertz CT molecular complexity index is 838. The Kier molecular flexibility index (Phi) is 5.21. The van der Waals surface area contributed by atoms with Gasteiger partial charge in [-0.1, -0.05) is 12.1 Å². The first-order chi connectivity index (χ1) is 13.6. The lowest BCUT2D eigenvalue weighted by molar-refractivity contribution is -0.142. The number of ether oxygens (including phenoxy) is 1. The highest BCUT2D eigenvalue weighted by molar-refractivity contribution is 5.92. The molecule has 0 bridgehead atoms. The van der Waals surface area contributed by atoms with E-state index in [1.165, 1.54) is 0 Å². The Morgan fingerprint density at radius 3 is 2.82 bits per heavy atom. The summed E-state index contributed by atoms with van der Waals surface area (Å²) >= 11 is 0. The second-order valence-electron chi connectivity index (χ2n) is 7.05. The first-order valence-corrected chi connectivity index (χ1v) is 9.41. The minimum Gasteiger partial charge on any atom is -0.483 e. The van der Waals surface area contributed by atoms with E-state index in [1.807, 2.05) is 25.2 Å². The summed E-state index contributed by atoms with van der Waals surface area (Å²) in [6.07, 6.45) is 1.59. The number of furan rings is 1. The van der Waals surface area contributed by atoms with E-state index in [-0.39, 0.29) is 24.6 Å². The number of nitrogens with zero attached hydrogens (tertiary/aromatic N) is 3. The van der Waals surface area contributed by atoms with Crippen molar-refractivity contribution in [3.63, 3.8) is 0 Å². The van der Waals surface area contributed by atoms with Gasteiger partial charge in [-0.15, -0.1) is 0 Å². The molecule has 1 atom stereocenters. The van der Waals surface area contributed by atoms with Crippen LogP contribution in [-0.2, 0) is 11.4 Å². The minimum absolute atomic E-state index is 0.0749. The number of urea groups is 1. The number of carbonyl (C=O) groups excluding carboxylic acids is 2. The van der Waals surface area contributed by atoms with Gasteiger partial charge in [-0.3, -0.25) is 9.69 Å². The maximum Gasteiger partial charge on any atom is 0.322 e. The zero-order valence-corrected chi connectivity index (χ0v) is 15.8. The Morgan fingerprint density at radius 1 is 1.18 bits per heavy atom. The number of para-hydroxylation sites is 2. The molecule has 3 amide bonds. The quantitative estimate of drug-likeness (QED) is 0.870. The van der Waals surface area contributed by atoms with Gasteiger partial charge in [0.2, 0.25) is 5.91 Å². The molecule has 0 saturated carbocycles. The number of rotatable bonds is 4. The van der Waals surface area contributed by atoms with Crippen molar-refractivity contribution in [3.05, 3.63) is 48.4 Å². The summed E-state index contributed by atoms with van der Waals surface area (Å²) in [5.74, 6) is 1.35. The van der Waals surface area contributed by atoms with E-state index in [9.17, 15) is 9.59 Å². The molecule has 4 rings (SSSR count). The van der Waals surface area contributed by atoms with Crippen LogP contribution in [0.4, 0.5) is 10.5 Å². The van der Waals surface area contributed by atoms with Gasteiger partial charge in [0.15, 0.2) is 0 Å². The fraction of sp³-hybridized carbons (Fsp3) is 0.400. The molecule has 8 nitrogen and oxygen atoms in total. The van der Waals surface area contributed by atoms with Crippen molar-refractivity contribution in [2.45, 2.75) is 12.6 Å². The molecule has 2 aliphatic rings. The van der Waals surface area contributed by atoms with E-state index in [4.69, 9.17) is 9.15 Å². The summed E-state index contributed by atoms with van der Waals surface area (Å²) in [6, 6.07) is 10.4. The first-order valence-electron chi connectivity index (χ1n) is 9.41. The molecule has 3 heterocycles. The predicted octanol–water partition coefficient (Wildman–Crippen LogP) is 1.85. The number of carbonyl (C=O) groups is 2. The molecule has 2 saturated heterocycles. The number of likely N-dealkylation sites (N-methyl/N-ethyl adjacent to an activating group) is 1. The topological polar surface area (TPSA) is 78.3 Å². The molecule has 0 radical (unpaired) electrons. The van der Waals surface area contributed by atoms with E-state index < -0.39 is 0 Å². The highest BCUT2D eigenvalue weighted by Gasteiger charge is 2.38. The summed E-state index contributed by atoms with van der Waals surface area (Å²) in [7, 11) is 1.81. The molecule has 8 heteroatoms. The number of nitrogens with one attached hydrogen (secondary N) is 1. The van der Waals surface area contributed by atoms with Crippen molar-refractivity contribution in [1.82, 2.24) is 14.7 Å². The summed E-state index contributed by atoms with van der Waals surface area (Å²) in [6.45, 7) is 3.56. The summed E-state index contributed by atoms with van der Waals surface area (Å²) < 4.78 is 11.1.